The third-order valence-corrected chi connectivity index (χ3v) is 1.23. The Morgan fingerprint density at radius 2 is 2.18 bits per heavy atom. The van der Waals surface area contributed by atoms with E-state index in [0.717, 1.165) is 6.42 Å². The summed E-state index contributed by atoms with van der Waals surface area (Å²) in [5.74, 6) is 0. The molecule has 0 aromatic carbocycles. The van der Waals surface area contributed by atoms with E-state index in [1.807, 2.05) is 0 Å². The van der Waals surface area contributed by atoms with Crippen molar-refractivity contribution in [1.82, 2.24) is 5.48 Å². The summed E-state index contributed by atoms with van der Waals surface area (Å²) in [7, 11) is 0. The molecular formula is C7H16KNO2. The molecule has 4 heteroatoms. The zero-order valence-corrected chi connectivity index (χ0v) is 10.6. The van der Waals surface area contributed by atoms with Crippen molar-refractivity contribution < 1.29 is 62.4 Å². The van der Waals surface area contributed by atoms with Gasteiger partial charge in [-0.05, 0) is 6.42 Å². The molecule has 0 saturated carbocycles. The van der Waals surface area contributed by atoms with Gasteiger partial charge in [0.05, 0.1) is 6.61 Å². The van der Waals surface area contributed by atoms with Gasteiger partial charge >= 0.3 is 51.4 Å². The third kappa shape index (κ3) is 14.0. The first-order valence-corrected chi connectivity index (χ1v) is 3.72. The Bertz CT molecular complexity index is 85.8. The van der Waals surface area contributed by atoms with Crippen molar-refractivity contribution in [2.75, 3.05) is 6.61 Å². The van der Waals surface area contributed by atoms with Crippen LogP contribution in [0.25, 0.3) is 0 Å². The number of carbonyl (C=O) groups is 1. The standard InChI is InChI=1S/C7H15NO2.K.H/c1-2-3-4-5-6-10-8-7-9;;/h7H,2-6H2,1H3,(H,8,9);;/q;+1;-1. The Morgan fingerprint density at radius 3 is 2.73 bits per heavy atom. The molecule has 1 amide bonds. The Hall–Kier alpha value is 1.07. The predicted molar refractivity (Wildman–Crippen MR) is 40.4 cm³/mol. The topological polar surface area (TPSA) is 38.3 Å². The minimum absolute atomic E-state index is 0. The Balaban J connectivity index is -0.000000405. The van der Waals surface area contributed by atoms with E-state index in [1.165, 1.54) is 19.3 Å². The van der Waals surface area contributed by atoms with Crippen LogP contribution in [-0.4, -0.2) is 13.0 Å². The number of carbonyl (C=O) groups excluding carboxylic acids is 1. The fraction of sp³-hybridized carbons (Fsp3) is 0.857. The van der Waals surface area contributed by atoms with Crippen LogP contribution in [0.2, 0.25) is 0 Å². The van der Waals surface area contributed by atoms with Crippen molar-refractivity contribution in [3.05, 3.63) is 0 Å². The summed E-state index contributed by atoms with van der Waals surface area (Å²) in [6.07, 6.45) is 5.21. The quantitative estimate of drug-likeness (QED) is 0.224. The molecule has 0 aliphatic rings. The fourth-order valence-electron chi connectivity index (χ4n) is 0.694. The van der Waals surface area contributed by atoms with E-state index in [9.17, 15) is 4.79 Å². The molecule has 0 radical (unpaired) electrons. The number of unbranched alkanes of at least 4 members (excludes halogenated alkanes) is 3. The molecule has 62 valence electrons. The van der Waals surface area contributed by atoms with Gasteiger partial charge < -0.3 is 1.43 Å². The molecule has 0 fully saturated rings. The first-order valence-electron chi connectivity index (χ1n) is 3.72. The SMILES string of the molecule is CCCCCCONC=O.[H-].[K+]. The Labute approximate surface area is 112 Å². The number of amides is 1. The van der Waals surface area contributed by atoms with E-state index in [2.05, 4.69) is 12.4 Å². The summed E-state index contributed by atoms with van der Waals surface area (Å²) < 4.78 is 0. The molecule has 11 heavy (non-hydrogen) atoms. The summed E-state index contributed by atoms with van der Waals surface area (Å²) in [5.41, 5.74) is 2.14. The van der Waals surface area contributed by atoms with Crippen LogP contribution in [0.15, 0.2) is 0 Å². The molecule has 0 aliphatic heterocycles. The molecule has 0 aliphatic carbocycles. The predicted octanol–water partition coefficient (Wildman–Crippen LogP) is -1.64. The van der Waals surface area contributed by atoms with Gasteiger partial charge in [-0.1, -0.05) is 26.2 Å². The largest absolute Gasteiger partial charge is 1.00 e. The van der Waals surface area contributed by atoms with Crippen LogP contribution < -0.4 is 56.9 Å². The summed E-state index contributed by atoms with van der Waals surface area (Å²) in [4.78, 5) is 14.4. The van der Waals surface area contributed by atoms with Crippen LogP contribution >= 0.6 is 0 Å². The van der Waals surface area contributed by atoms with Crippen molar-refractivity contribution in [3.8, 4) is 0 Å². The maximum Gasteiger partial charge on any atom is 1.00 e. The number of hydroxylamine groups is 1. The summed E-state index contributed by atoms with van der Waals surface area (Å²) >= 11 is 0. The smallest absolute Gasteiger partial charge is 1.00 e. The normalized spacial score (nSPS) is 8.45. The van der Waals surface area contributed by atoms with Crippen LogP contribution in [0.5, 0.6) is 0 Å². The summed E-state index contributed by atoms with van der Waals surface area (Å²) in [6, 6.07) is 0. The molecule has 0 atom stereocenters. The van der Waals surface area contributed by atoms with Gasteiger partial charge in [-0.2, -0.15) is 0 Å². The van der Waals surface area contributed by atoms with Crippen LogP contribution in [0.3, 0.4) is 0 Å². The average molecular weight is 185 g/mol. The average Bonchev–Trinajstić information content (AvgIpc) is 1.97. The van der Waals surface area contributed by atoms with Gasteiger partial charge in [0.15, 0.2) is 0 Å². The second kappa shape index (κ2) is 13.6. The van der Waals surface area contributed by atoms with E-state index in [1.54, 1.807) is 0 Å². The van der Waals surface area contributed by atoms with Crippen molar-refractivity contribution in [1.29, 1.82) is 0 Å². The van der Waals surface area contributed by atoms with Gasteiger partial charge in [0.25, 0.3) is 0 Å². The first-order chi connectivity index (χ1) is 4.91. The summed E-state index contributed by atoms with van der Waals surface area (Å²) in [6.45, 7) is 2.78. The fourth-order valence-corrected chi connectivity index (χ4v) is 0.694. The second-order valence-electron chi connectivity index (χ2n) is 2.14. The first kappa shape index (κ1) is 14.6. The van der Waals surface area contributed by atoms with Crippen molar-refractivity contribution >= 4 is 6.41 Å². The molecule has 3 nitrogen and oxygen atoms in total. The molecule has 0 aromatic heterocycles. The van der Waals surface area contributed by atoms with E-state index < -0.39 is 0 Å². The van der Waals surface area contributed by atoms with E-state index in [-0.39, 0.29) is 52.8 Å². The van der Waals surface area contributed by atoms with Gasteiger partial charge in [-0.3, -0.25) is 9.63 Å². The maximum absolute atomic E-state index is 9.66. The van der Waals surface area contributed by atoms with Gasteiger partial charge in [0, 0.05) is 0 Å². The number of hydrogen-bond acceptors (Lipinski definition) is 2. The van der Waals surface area contributed by atoms with Crippen LogP contribution in [0.1, 0.15) is 34.0 Å². The van der Waals surface area contributed by atoms with Gasteiger partial charge in [0.1, 0.15) is 0 Å². The molecule has 0 spiro atoms. The third-order valence-electron chi connectivity index (χ3n) is 1.23. The van der Waals surface area contributed by atoms with E-state index >= 15 is 0 Å². The summed E-state index contributed by atoms with van der Waals surface area (Å²) in [5, 5.41) is 0. The molecule has 0 rings (SSSR count). The molecule has 0 heterocycles. The zero-order chi connectivity index (χ0) is 7.66. The van der Waals surface area contributed by atoms with Crippen molar-refractivity contribution in [2.24, 2.45) is 0 Å². The molecule has 1 N–H and O–H groups in total. The molecule has 0 aromatic rings. The van der Waals surface area contributed by atoms with E-state index in [0.29, 0.717) is 13.0 Å². The van der Waals surface area contributed by atoms with Gasteiger partial charge in [0.2, 0.25) is 6.41 Å². The van der Waals surface area contributed by atoms with Crippen molar-refractivity contribution in [2.45, 2.75) is 32.6 Å². The monoisotopic (exact) mass is 185 g/mol. The van der Waals surface area contributed by atoms with Crippen LogP contribution in [0.4, 0.5) is 0 Å². The van der Waals surface area contributed by atoms with Crippen LogP contribution in [0, 0.1) is 0 Å². The Kier molecular flexibility index (Phi) is 18.1. The zero-order valence-electron chi connectivity index (χ0n) is 8.43. The molecular weight excluding hydrogens is 169 g/mol. The van der Waals surface area contributed by atoms with E-state index in [4.69, 9.17) is 4.84 Å². The molecule has 0 saturated heterocycles. The molecule has 0 unspecified atom stereocenters. The minimum atomic E-state index is 0. The molecule has 0 bridgehead atoms. The Morgan fingerprint density at radius 1 is 1.45 bits per heavy atom. The van der Waals surface area contributed by atoms with Gasteiger partial charge in [-0.15, -0.1) is 0 Å². The number of rotatable bonds is 7. The maximum atomic E-state index is 9.66. The minimum Gasteiger partial charge on any atom is -1.00 e. The number of nitrogens with one attached hydrogen (secondary N) is 1. The van der Waals surface area contributed by atoms with Crippen LogP contribution in [-0.2, 0) is 9.63 Å². The van der Waals surface area contributed by atoms with Crippen molar-refractivity contribution in [3.63, 3.8) is 0 Å². The second-order valence-corrected chi connectivity index (χ2v) is 2.14. The van der Waals surface area contributed by atoms with Gasteiger partial charge in [-0.25, -0.2) is 5.48 Å². The number of hydrogen-bond donors (Lipinski definition) is 1.